The highest BCUT2D eigenvalue weighted by atomic mass is 35.5. The van der Waals surface area contributed by atoms with Crippen LogP contribution in [0.3, 0.4) is 0 Å². The molecule has 1 aliphatic carbocycles. The molecule has 1 amide bonds. The number of piperazine rings is 1. The predicted molar refractivity (Wildman–Crippen MR) is 102 cm³/mol. The van der Waals surface area contributed by atoms with Crippen molar-refractivity contribution in [3.05, 3.63) is 33.3 Å². The van der Waals surface area contributed by atoms with Gasteiger partial charge in [0.15, 0.2) is 0 Å². The number of non-ortho nitro benzene ring substituents is 1. The Hall–Kier alpha value is -1.86. The highest BCUT2D eigenvalue weighted by Gasteiger charge is 2.28. The molecule has 1 saturated carbocycles. The zero-order chi connectivity index (χ0) is 18.7. The average molecular weight is 381 g/mol. The molecule has 1 N–H and O–H groups in total. The van der Waals surface area contributed by atoms with Crippen molar-refractivity contribution in [2.45, 2.75) is 44.7 Å². The van der Waals surface area contributed by atoms with Gasteiger partial charge in [0, 0.05) is 44.4 Å². The third kappa shape index (κ3) is 4.27. The normalized spacial score (nSPS) is 20.2. The molecule has 0 bridgehead atoms. The molecule has 1 unspecified atom stereocenters. The van der Waals surface area contributed by atoms with Gasteiger partial charge in [-0.3, -0.25) is 19.8 Å². The van der Waals surface area contributed by atoms with E-state index in [1.807, 2.05) is 6.92 Å². The molecule has 142 valence electrons. The summed E-state index contributed by atoms with van der Waals surface area (Å²) in [6, 6.07) is 4.76. The topological polar surface area (TPSA) is 78.7 Å². The van der Waals surface area contributed by atoms with Crippen molar-refractivity contribution in [2.75, 3.05) is 31.1 Å². The molecule has 0 radical (unpaired) electrons. The summed E-state index contributed by atoms with van der Waals surface area (Å²) in [6.45, 7) is 4.94. The molecule has 0 spiro atoms. The second kappa shape index (κ2) is 8.22. The monoisotopic (exact) mass is 380 g/mol. The van der Waals surface area contributed by atoms with Crippen LogP contribution in [0.15, 0.2) is 18.2 Å². The summed E-state index contributed by atoms with van der Waals surface area (Å²) in [5, 5.41) is 14.4. The SMILES string of the molecule is CC(C(=O)NC1CCCC1)N1CCN(c2ccc([N+](=O)[O-])cc2Cl)CC1. The van der Waals surface area contributed by atoms with Gasteiger partial charge in [0.2, 0.25) is 5.91 Å². The molecular formula is C18H25ClN4O3. The third-order valence-corrected chi connectivity index (χ3v) is 5.73. The van der Waals surface area contributed by atoms with Crippen molar-refractivity contribution in [1.82, 2.24) is 10.2 Å². The van der Waals surface area contributed by atoms with Crippen LogP contribution < -0.4 is 10.2 Å². The predicted octanol–water partition coefficient (Wildman–Crippen LogP) is 2.82. The molecule has 1 heterocycles. The van der Waals surface area contributed by atoms with Crippen molar-refractivity contribution in [3.63, 3.8) is 0 Å². The largest absolute Gasteiger partial charge is 0.368 e. The lowest BCUT2D eigenvalue weighted by Crippen LogP contribution is -2.54. The van der Waals surface area contributed by atoms with E-state index in [4.69, 9.17) is 11.6 Å². The maximum absolute atomic E-state index is 12.5. The molecule has 1 aromatic rings. The van der Waals surface area contributed by atoms with Gasteiger partial charge >= 0.3 is 0 Å². The Morgan fingerprint density at radius 1 is 1.27 bits per heavy atom. The van der Waals surface area contributed by atoms with Crippen LogP contribution in [0, 0.1) is 10.1 Å². The van der Waals surface area contributed by atoms with Gasteiger partial charge in [-0.05, 0) is 25.8 Å². The van der Waals surface area contributed by atoms with E-state index in [0.717, 1.165) is 44.7 Å². The Bertz CT molecular complexity index is 670. The minimum Gasteiger partial charge on any atom is -0.368 e. The molecule has 1 saturated heterocycles. The number of carbonyl (C=O) groups is 1. The van der Waals surface area contributed by atoms with E-state index >= 15 is 0 Å². The van der Waals surface area contributed by atoms with Crippen molar-refractivity contribution in [3.8, 4) is 0 Å². The van der Waals surface area contributed by atoms with Gasteiger partial charge in [0.25, 0.3) is 5.69 Å². The molecule has 1 aliphatic heterocycles. The summed E-state index contributed by atoms with van der Waals surface area (Å²) in [5.41, 5.74) is 0.801. The van der Waals surface area contributed by atoms with Gasteiger partial charge in [0.1, 0.15) is 0 Å². The number of nitrogens with one attached hydrogen (secondary N) is 1. The third-order valence-electron chi connectivity index (χ3n) is 5.43. The fourth-order valence-electron chi connectivity index (χ4n) is 3.77. The minimum atomic E-state index is -0.446. The smallest absolute Gasteiger partial charge is 0.271 e. The Kier molecular flexibility index (Phi) is 5.98. The Morgan fingerprint density at radius 3 is 2.50 bits per heavy atom. The molecule has 7 nitrogen and oxygen atoms in total. The van der Waals surface area contributed by atoms with E-state index < -0.39 is 4.92 Å². The Morgan fingerprint density at radius 2 is 1.92 bits per heavy atom. The number of hydrogen-bond acceptors (Lipinski definition) is 5. The number of carbonyl (C=O) groups excluding carboxylic acids is 1. The fraction of sp³-hybridized carbons (Fsp3) is 0.611. The first-order valence-electron chi connectivity index (χ1n) is 9.19. The summed E-state index contributed by atoms with van der Waals surface area (Å²) in [4.78, 5) is 27.1. The van der Waals surface area contributed by atoms with Crippen LogP contribution in [0.2, 0.25) is 5.02 Å². The number of hydrogen-bond donors (Lipinski definition) is 1. The number of halogens is 1. The Balaban J connectivity index is 1.55. The summed E-state index contributed by atoms with van der Waals surface area (Å²) < 4.78 is 0. The number of amides is 1. The van der Waals surface area contributed by atoms with Gasteiger partial charge in [-0.25, -0.2) is 0 Å². The lowest BCUT2D eigenvalue weighted by molar-refractivity contribution is -0.384. The maximum Gasteiger partial charge on any atom is 0.271 e. The van der Waals surface area contributed by atoms with Crippen LogP contribution >= 0.6 is 11.6 Å². The van der Waals surface area contributed by atoms with E-state index in [1.54, 1.807) is 6.07 Å². The molecule has 1 atom stereocenters. The van der Waals surface area contributed by atoms with Crippen molar-refractivity contribution in [2.24, 2.45) is 0 Å². The maximum atomic E-state index is 12.5. The zero-order valence-electron chi connectivity index (χ0n) is 15.0. The van der Waals surface area contributed by atoms with Gasteiger partial charge < -0.3 is 10.2 Å². The summed E-state index contributed by atoms with van der Waals surface area (Å²) in [5.74, 6) is 0.110. The number of rotatable bonds is 5. The highest BCUT2D eigenvalue weighted by molar-refractivity contribution is 6.33. The number of nitro groups is 1. The number of nitro benzene ring substituents is 1. The summed E-state index contributed by atoms with van der Waals surface area (Å²) >= 11 is 6.23. The van der Waals surface area contributed by atoms with E-state index in [-0.39, 0.29) is 17.6 Å². The van der Waals surface area contributed by atoms with Crippen molar-refractivity contribution >= 4 is 28.9 Å². The van der Waals surface area contributed by atoms with Crippen LogP contribution in [0.5, 0.6) is 0 Å². The average Bonchev–Trinajstić information content (AvgIpc) is 3.14. The van der Waals surface area contributed by atoms with Gasteiger partial charge in [-0.1, -0.05) is 24.4 Å². The lowest BCUT2D eigenvalue weighted by atomic mass is 10.1. The number of benzene rings is 1. The molecule has 26 heavy (non-hydrogen) atoms. The number of anilines is 1. The van der Waals surface area contributed by atoms with Gasteiger partial charge in [0.05, 0.1) is 21.7 Å². The quantitative estimate of drug-likeness (QED) is 0.627. The molecule has 8 heteroatoms. The second-order valence-corrected chi connectivity index (χ2v) is 7.49. The van der Waals surface area contributed by atoms with Crippen LogP contribution in [-0.4, -0.2) is 54.0 Å². The first-order chi connectivity index (χ1) is 12.5. The van der Waals surface area contributed by atoms with E-state index in [0.29, 0.717) is 11.1 Å². The van der Waals surface area contributed by atoms with E-state index in [9.17, 15) is 14.9 Å². The van der Waals surface area contributed by atoms with Crippen LogP contribution in [-0.2, 0) is 4.79 Å². The van der Waals surface area contributed by atoms with Gasteiger partial charge in [-0.2, -0.15) is 0 Å². The van der Waals surface area contributed by atoms with E-state index in [2.05, 4.69) is 15.1 Å². The molecule has 1 aromatic carbocycles. The first kappa shape index (κ1) is 18.9. The molecule has 2 fully saturated rings. The summed E-state index contributed by atoms with van der Waals surface area (Å²) in [6.07, 6.45) is 4.58. The lowest BCUT2D eigenvalue weighted by Gasteiger charge is -2.39. The van der Waals surface area contributed by atoms with Crippen molar-refractivity contribution < 1.29 is 9.72 Å². The van der Waals surface area contributed by atoms with Crippen molar-refractivity contribution in [1.29, 1.82) is 0 Å². The van der Waals surface area contributed by atoms with E-state index in [1.165, 1.54) is 25.0 Å². The van der Waals surface area contributed by atoms with Crippen LogP contribution in [0.4, 0.5) is 11.4 Å². The summed E-state index contributed by atoms with van der Waals surface area (Å²) in [7, 11) is 0. The molecule has 0 aromatic heterocycles. The fourth-order valence-corrected chi connectivity index (χ4v) is 4.07. The second-order valence-electron chi connectivity index (χ2n) is 7.08. The molecule has 2 aliphatic rings. The standard InChI is InChI=1S/C18H25ClN4O3/c1-13(18(24)20-14-4-2-3-5-14)21-8-10-22(11-9-21)17-7-6-15(23(25)26)12-16(17)19/h6-7,12-14H,2-5,8-11H2,1H3,(H,20,24). The molecular weight excluding hydrogens is 356 g/mol. The highest BCUT2D eigenvalue weighted by Crippen LogP contribution is 2.30. The molecule has 3 rings (SSSR count). The minimum absolute atomic E-state index is 0.00501. The number of nitrogens with zero attached hydrogens (tertiary/aromatic N) is 3. The van der Waals surface area contributed by atoms with Crippen LogP contribution in [0.1, 0.15) is 32.6 Å². The first-order valence-corrected chi connectivity index (χ1v) is 9.57. The Labute approximate surface area is 158 Å². The van der Waals surface area contributed by atoms with Crippen LogP contribution in [0.25, 0.3) is 0 Å². The van der Waals surface area contributed by atoms with Gasteiger partial charge in [-0.15, -0.1) is 0 Å². The zero-order valence-corrected chi connectivity index (χ0v) is 15.7.